The molecule has 0 aliphatic heterocycles. The van der Waals surface area contributed by atoms with Gasteiger partial charge < -0.3 is 9.30 Å². The summed E-state index contributed by atoms with van der Waals surface area (Å²) in [6.07, 6.45) is 0. The molecule has 0 aliphatic carbocycles. The van der Waals surface area contributed by atoms with Crippen LogP contribution in [0.2, 0.25) is 0 Å². The highest BCUT2D eigenvalue weighted by Gasteiger charge is 2.17. The Morgan fingerprint density at radius 3 is 2.67 bits per heavy atom. The van der Waals surface area contributed by atoms with Crippen LogP contribution in [-0.4, -0.2) is 33.4 Å². The largest absolute Gasteiger partial charge is 0.494 e. The molecule has 140 valence electrons. The predicted octanol–water partition coefficient (Wildman–Crippen LogP) is 4.40. The molecule has 7 heteroatoms. The van der Waals surface area contributed by atoms with Gasteiger partial charge >= 0.3 is 0 Å². The standard InChI is InChI=1S/C20H20FN3O2S/c1-4-24-19(15-8-6-5-7-13(15)2)22-23-20(24)27-12-17(25)14-9-10-18(26-3)16(21)11-14/h5-11H,4,12H2,1-3H3. The lowest BCUT2D eigenvalue weighted by atomic mass is 10.1. The van der Waals surface area contributed by atoms with Gasteiger partial charge in [-0.05, 0) is 37.6 Å². The van der Waals surface area contributed by atoms with Crippen LogP contribution in [0.15, 0.2) is 47.6 Å². The maximum absolute atomic E-state index is 13.8. The number of aryl methyl sites for hydroxylation is 1. The molecule has 2 aromatic carbocycles. The zero-order chi connectivity index (χ0) is 19.4. The second-order valence-corrected chi connectivity index (χ2v) is 6.87. The molecule has 0 fully saturated rings. The second-order valence-electron chi connectivity index (χ2n) is 5.93. The molecule has 5 nitrogen and oxygen atoms in total. The SMILES string of the molecule is CCn1c(SCC(=O)c2ccc(OC)c(F)c2)nnc1-c1ccccc1C. The summed E-state index contributed by atoms with van der Waals surface area (Å²) < 4.78 is 20.7. The van der Waals surface area contributed by atoms with E-state index in [1.165, 1.54) is 31.0 Å². The summed E-state index contributed by atoms with van der Waals surface area (Å²) >= 11 is 1.30. The Bertz CT molecular complexity index is 972. The summed E-state index contributed by atoms with van der Waals surface area (Å²) in [6.45, 7) is 4.72. The molecule has 3 aromatic rings. The molecule has 0 aliphatic rings. The third-order valence-electron chi connectivity index (χ3n) is 4.23. The first-order valence-corrected chi connectivity index (χ1v) is 9.52. The smallest absolute Gasteiger partial charge is 0.191 e. The van der Waals surface area contributed by atoms with Gasteiger partial charge in [0.2, 0.25) is 0 Å². The summed E-state index contributed by atoms with van der Waals surface area (Å²) in [5.41, 5.74) is 2.44. The molecular formula is C20H20FN3O2S. The van der Waals surface area contributed by atoms with E-state index in [2.05, 4.69) is 10.2 Å². The van der Waals surface area contributed by atoms with Crippen LogP contribution >= 0.6 is 11.8 Å². The first kappa shape index (κ1) is 19.1. The number of halogens is 1. The van der Waals surface area contributed by atoms with Gasteiger partial charge in [-0.2, -0.15) is 0 Å². The number of carbonyl (C=O) groups is 1. The molecule has 0 unspecified atom stereocenters. The third kappa shape index (κ3) is 4.03. The van der Waals surface area contributed by atoms with E-state index >= 15 is 0 Å². The van der Waals surface area contributed by atoms with Gasteiger partial charge in [-0.15, -0.1) is 10.2 Å². The number of aromatic nitrogens is 3. The Balaban J connectivity index is 1.78. The molecule has 0 saturated heterocycles. The fraction of sp³-hybridized carbons (Fsp3) is 0.250. The number of methoxy groups -OCH3 is 1. The number of ketones is 1. The van der Waals surface area contributed by atoms with Crippen LogP contribution < -0.4 is 4.74 Å². The molecule has 0 spiro atoms. The van der Waals surface area contributed by atoms with Crippen LogP contribution in [0.25, 0.3) is 11.4 Å². The molecule has 1 aromatic heterocycles. The van der Waals surface area contributed by atoms with Crippen LogP contribution in [0, 0.1) is 12.7 Å². The summed E-state index contributed by atoms with van der Waals surface area (Å²) in [6, 6.07) is 12.2. The van der Waals surface area contributed by atoms with Crippen LogP contribution in [0.3, 0.4) is 0 Å². The first-order valence-electron chi connectivity index (χ1n) is 8.53. The van der Waals surface area contributed by atoms with E-state index in [1.54, 1.807) is 6.07 Å². The quantitative estimate of drug-likeness (QED) is 0.446. The lowest BCUT2D eigenvalue weighted by Crippen LogP contribution is -2.06. The Kier molecular flexibility index (Phi) is 5.91. The minimum absolute atomic E-state index is 0.118. The van der Waals surface area contributed by atoms with Crippen molar-refractivity contribution in [2.75, 3.05) is 12.9 Å². The summed E-state index contributed by atoms with van der Waals surface area (Å²) in [4.78, 5) is 12.4. The van der Waals surface area contributed by atoms with Crippen molar-refractivity contribution in [2.24, 2.45) is 0 Å². The van der Waals surface area contributed by atoms with E-state index in [0.717, 1.165) is 17.0 Å². The maximum atomic E-state index is 13.8. The highest BCUT2D eigenvalue weighted by molar-refractivity contribution is 7.99. The van der Waals surface area contributed by atoms with Gasteiger partial charge in [0.15, 0.2) is 28.3 Å². The highest BCUT2D eigenvalue weighted by atomic mass is 32.2. The number of nitrogens with zero attached hydrogens (tertiary/aromatic N) is 3. The number of hydrogen-bond acceptors (Lipinski definition) is 5. The lowest BCUT2D eigenvalue weighted by Gasteiger charge is -2.09. The zero-order valence-electron chi connectivity index (χ0n) is 15.4. The van der Waals surface area contributed by atoms with Gasteiger partial charge in [0.05, 0.1) is 12.9 Å². The number of benzene rings is 2. The molecule has 0 radical (unpaired) electrons. The van der Waals surface area contributed by atoms with Crippen molar-refractivity contribution < 1.29 is 13.9 Å². The Labute approximate surface area is 161 Å². The molecule has 0 atom stereocenters. The Hall–Kier alpha value is -2.67. The summed E-state index contributed by atoms with van der Waals surface area (Å²) in [5.74, 6) is 0.322. The van der Waals surface area contributed by atoms with Gasteiger partial charge in [0.25, 0.3) is 0 Å². The first-order chi connectivity index (χ1) is 13.0. The number of ether oxygens (including phenoxy) is 1. The van der Waals surface area contributed by atoms with Gasteiger partial charge in [0, 0.05) is 17.7 Å². The van der Waals surface area contributed by atoms with E-state index < -0.39 is 5.82 Å². The lowest BCUT2D eigenvalue weighted by molar-refractivity contribution is 0.102. The van der Waals surface area contributed by atoms with Gasteiger partial charge in [0.1, 0.15) is 0 Å². The number of thioether (sulfide) groups is 1. The third-order valence-corrected chi connectivity index (χ3v) is 5.19. The van der Waals surface area contributed by atoms with Crippen LogP contribution in [0.5, 0.6) is 5.75 Å². The number of Topliss-reactive ketones (excluding diaryl/α,β-unsaturated/α-hetero) is 1. The van der Waals surface area contributed by atoms with Gasteiger partial charge in [-0.25, -0.2) is 4.39 Å². The van der Waals surface area contributed by atoms with E-state index in [0.29, 0.717) is 17.3 Å². The predicted molar refractivity (Wildman–Crippen MR) is 104 cm³/mol. The molecular weight excluding hydrogens is 365 g/mol. The Morgan fingerprint density at radius 2 is 2.00 bits per heavy atom. The van der Waals surface area contributed by atoms with Gasteiger partial charge in [-0.3, -0.25) is 4.79 Å². The van der Waals surface area contributed by atoms with Crippen molar-refractivity contribution in [3.8, 4) is 17.1 Å². The van der Waals surface area contributed by atoms with E-state index in [9.17, 15) is 9.18 Å². The second kappa shape index (κ2) is 8.35. The van der Waals surface area contributed by atoms with Crippen LogP contribution in [-0.2, 0) is 6.54 Å². The molecule has 3 rings (SSSR count). The van der Waals surface area contributed by atoms with Crippen molar-refractivity contribution in [3.05, 3.63) is 59.4 Å². The van der Waals surface area contributed by atoms with Gasteiger partial charge in [-0.1, -0.05) is 36.0 Å². The summed E-state index contributed by atoms with van der Waals surface area (Å²) in [7, 11) is 1.39. The fourth-order valence-corrected chi connectivity index (χ4v) is 3.65. The van der Waals surface area contributed by atoms with Crippen molar-refractivity contribution in [1.29, 1.82) is 0 Å². The van der Waals surface area contributed by atoms with E-state index in [-0.39, 0.29) is 17.3 Å². The van der Waals surface area contributed by atoms with Crippen molar-refractivity contribution >= 4 is 17.5 Å². The zero-order valence-corrected chi connectivity index (χ0v) is 16.2. The minimum atomic E-state index is -0.549. The fourth-order valence-electron chi connectivity index (χ4n) is 2.76. The van der Waals surface area contributed by atoms with Crippen molar-refractivity contribution in [3.63, 3.8) is 0 Å². The van der Waals surface area contributed by atoms with E-state index in [4.69, 9.17) is 4.74 Å². The maximum Gasteiger partial charge on any atom is 0.191 e. The molecule has 1 heterocycles. The average molecular weight is 385 g/mol. The van der Waals surface area contributed by atoms with Crippen molar-refractivity contribution in [2.45, 2.75) is 25.5 Å². The Morgan fingerprint density at radius 1 is 1.22 bits per heavy atom. The number of hydrogen-bond donors (Lipinski definition) is 0. The van der Waals surface area contributed by atoms with E-state index in [1.807, 2.05) is 42.7 Å². The molecule has 0 amide bonds. The normalized spacial score (nSPS) is 10.8. The topological polar surface area (TPSA) is 57.0 Å². The average Bonchev–Trinajstić information content (AvgIpc) is 3.09. The minimum Gasteiger partial charge on any atom is -0.494 e. The monoisotopic (exact) mass is 385 g/mol. The number of carbonyl (C=O) groups excluding carboxylic acids is 1. The molecule has 0 bridgehead atoms. The molecule has 0 N–H and O–H groups in total. The number of rotatable bonds is 7. The van der Waals surface area contributed by atoms with Crippen LogP contribution in [0.4, 0.5) is 4.39 Å². The molecule has 0 saturated carbocycles. The van der Waals surface area contributed by atoms with Crippen LogP contribution in [0.1, 0.15) is 22.8 Å². The molecule has 27 heavy (non-hydrogen) atoms. The summed E-state index contributed by atoms with van der Waals surface area (Å²) in [5, 5.41) is 9.22. The van der Waals surface area contributed by atoms with Crippen molar-refractivity contribution in [1.82, 2.24) is 14.8 Å². The highest BCUT2D eigenvalue weighted by Crippen LogP contribution is 2.27.